The summed E-state index contributed by atoms with van der Waals surface area (Å²) in [6.45, 7) is 5.38. The highest BCUT2D eigenvalue weighted by Crippen LogP contribution is 2.01. The molecule has 2 amide bonds. The fraction of sp³-hybridized carbons (Fsp3) is 0.462. The molecule has 1 aromatic rings. The van der Waals surface area contributed by atoms with Gasteiger partial charge in [-0.2, -0.15) is 0 Å². The van der Waals surface area contributed by atoms with Crippen LogP contribution in [-0.4, -0.2) is 39.6 Å². The molecule has 104 valence electrons. The molecule has 0 radical (unpaired) electrons. The number of nitrogens with one attached hydrogen (secondary N) is 1. The average molecular weight is 265 g/mol. The first kappa shape index (κ1) is 14.9. The maximum atomic E-state index is 11.9. The molecule has 6 nitrogen and oxygen atoms in total. The monoisotopic (exact) mass is 265 g/mol. The molecule has 0 aliphatic rings. The van der Waals surface area contributed by atoms with Crippen LogP contribution in [0.5, 0.6) is 0 Å². The first-order chi connectivity index (χ1) is 8.90. The molecule has 19 heavy (non-hydrogen) atoms. The van der Waals surface area contributed by atoms with E-state index in [-0.39, 0.29) is 19.1 Å². The van der Waals surface area contributed by atoms with Crippen molar-refractivity contribution in [3.8, 4) is 0 Å². The quantitative estimate of drug-likeness (QED) is 0.843. The lowest BCUT2D eigenvalue weighted by Crippen LogP contribution is -2.46. The number of aromatic nitrogens is 1. The number of carboxylic acids is 1. The summed E-state index contributed by atoms with van der Waals surface area (Å²) in [5.74, 6) is -1.03. The number of nitrogens with zero attached hydrogens (tertiary/aromatic N) is 2. The van der Waals surface area contributed by atoms with Gasteiger partial charge >= 0.3 is 12.0 Å². The molecule has 0 aliphatic heterocycles. The zero-order chi connectivity index (χ0) is 14.4. The number of aryl methyl sites for hydroxylation is 1. The van der Waals surface area contributed by atoms with Crippen molar-refractivity contribution in [3.05, 3.63) is 29.6 Å². The van der Waals surface area contributed by atoms with Gasteiger partial charge in [-0.25, -0.2) is 4.79 Å². The molecule has 0 aliphatic carbocycles. The maximum absolute atomic E-state index is 11.9. The Kier molecular flexibility index (Phi) is 5.29. The van der Waals surface area contributed by atoms with E-state index in [2.05, 4.69) is 10.3 Å². The Morgan fingerprint density at radius 3 is 2.63 bits per heavy atom. The van der Waals surface area contributed by atoms with Gasteiger partial charge in [-0.15, -0.1) is 0 Å². The molecular weight excluding hydrogens is 246 g/mol. The van der Waals surface area contributed by atoms with E-state index in [9.17, 15) is 9.59 Å². The summed E-state index contributed by atoms with van der Waals surface area (Å²) < 4.78 is 0. The van der Waals surface area contributed by atoms with Crippen LogP contribution in [0.15, 0.2) is 18.2 Å². The van der Waals surface area contributed by atoms with Crippen LogP contribution in [0, 0.1) is 6.92 Å². The van der Waals surface area contributed by atoms with Crippen LogP contribution in [0.4, 0.5) is 4.79 Å². The van der Waals surface area contributed by atoms with Crippen LogP contribution in [0.25, 0.3) is 0 Å². The molecule has 1 rings (SSSR count). The van der Waals surface area contributed by atoms with E-state index in [1.807, 2.05) is 25.1 Å². The summed E-state index contributed by atoms with van der Waals surface area (Å²) in [7, 11) is 0. The lowest BCUT2D eigenvalue weighted by molar-refractivity contribution is -0.138. The van der Waals surface area contributed by atoms with Crippen LogP contribution >= 0.6 is 0 Å². The van der Waals surface area contributed by atoms with Crippen molar-refractivity contribution in [2.24, 2.45) is 0 Å². The molecule has 6 heteroatoms. The molecule has 0 spiro atoms. The van der Waals surface area contributed by atoms with E-state index >= 15 is 0 Å². The van der Waals surface area contributed by atoms with E-state index in [0.29, 0.717) is 0 Å². The van der Waals surface area contributed by atoms with E-state index in [0.717, 1.165) is 11.4 Å². The summed E-state index contributed by atoms with van der Waals surface area (Å²) in [6.07, 6.45) is 0. The SMILES string of the molecule is Cc1cccc(CNC(=O)N(CC(=O)O)C(C)C)n1. The number of carbonyl (C=O) groups excluding carboxylic acids is 1. The molecule has 0 atom stereocenters. The lowest BCUT2D eigenvalue weighted by atomic mass is 10.3. The van der Waals surface area contributed by atoms with Crippen molar-refractivity contribution in [3.63, 3.8) is 0 Å². The standard InChI is InChI=1S/C13H19N3O3/c1-9(2)16(8-12(17)18)13(19)14-7-11-6-4-5-10(3)15-11/h4-6,9H,7-8H2,1-3H3,(H,14,19)(H,17,18). The second-order valence-electron chi connectivity index (χ2n) is 4.54. The third kappa shape index (κ3) is 4.95. The Morgan fingerprint density at radius 1 is 1.42 bits per heavy atom. The van der Waals surface area contributed by atoms with Crippen molar-refractivity contribution in [1.82, 2.24) is 15.2 Å². The zero-order valence-corrected chi connectivity index (χ0v) is 11.4. The number of amides is 2. The summed E-state index contributed by atoms with van der Waals surface area (Å²) in [4.78, 5) is 28.1. The minimum Gasteiger partial charge on any atom is -0.480 e. The Morgan fingerprint density at radius 2 is 2.11 bits per heavy atom. The predicted molar refractivity (Wildman–Crippen MR) is 70.7 cm³/mol. The topological polar surface area (TPSA) is 82.5 Å². The molecule has 0 saturated heterocycles. The van der Waals surface area contributed by atoms with Crippen molar-refractivity contribution in [2.45, 2.75) is 33.4 Å². The molecule has 0 fully saturated rings. The Hall–Kier alpha value is -2.11. The zero-order valence-electron chi connectivity index (χ0n) is 11.4. The highest BCUT2D eigenvalue weighted by atomic mass is 16.4. The molecule has 0 aromatic carbocycles. The van der Waals surface area contributed by atoms with Crippen LogP contribution in [0.1, 0.15) is 25.2 Å². The minimum absolute atomic E-state index is 0.179. The molecule has 0 saturated carbocycles. The van der Waals surface area contributed by atoms with Crippen molar-refractivity contribution in [1.29, 1.82) is 0 Å². The third-order valence-electron chi connectivity index (χ3n) is 2.56. The van der Waals surface area contributed by atoms with Gasteiger partial charge in [0.25, 0.3) is 0 Å². The average Bonchev–Trinajstić information content (AvgIpc) is 2.32. The maximum Gasteiger partial charge on any atom is 0.323 e. The molecule has 0 bridgehead atoms. The summed E-state index contributed by atoms with van der Waals surface area (Å²) in [5, 5.41) is 11.4. The molecule has 1 heterocycles. The van der Waals surface area contributed by atoms with Gasteiger partial charge in [0.2, 0.25) is 0 Å². The van der Waals surface area contributed by atoms with Crippen molar-refractivity contribution in [2.75, 3.05) is 6.54 Å². The number of pyridine rings is 1. The van der Waals surface area contributed by atoms with E-state index < -0.39 is 12.0 Å². The van der Waals surface area contributed by atoms with Gasteiger partial charge in [-0.05, 0) is 32.9 Å². The van der Waals surface area contributed by atoms with E-state index in [4.69, 9.17) is 5.11 Å². The van der Waals surface area contributed by atoms with Gasteiger partial charge in [0.05, 0.1) is 12.2 Å². The van der Waals surface area contributed by atoms with Crippen LogP contribution in [0.3, 0.4) is 0 Å². The first-order valence-electron chi connectivity index (χ1n) is 6.09. The number of carbonyl (C=O) groups is 2. The summed E-state index contributed by atoms with van der Waals surface area (Å²) in [5.41, 5.74) is 1.62. The number of aliphatic carboxylic acids is 1. The summed E-state index contributed by atoms with van der Waals surface area (Å²) >= 11 is 0. The highest BCUT2D eigenvalue weighted by molar-refractivity contribution is 5.80. The van der Waals surface area contributed by atoms with Gasteiger partial charge in [-0.3, -0.25) is 9.78 Å². The number of carboxylic acid groups (broad SMARTS) is 1. The minimum atomic E-state index is -1.03. The van der Waals surface area contributed by atoms with Crippen molar-refractivity contribution >= 4 is 12.0 Å². The molecule has 2 N–H and O–H groups in total. The van der Waals surface area contributed by atoms with Gasteiger partial charge in [0.15, 0.2) is 0 Å². The van der Waals surface area contributed by atoms with Crippen LogP contribution in [-0.2, 0) is 11.3 Å². The third-order valence-corrected chi connectivity index (χ3v) is 2.56. The summed E-state index contributed by atoms with van der Waals surface area (Å²) in [6, 6.07) is 4.96. The highest BCUT2D eigenvalue weighted by Gasteiger charge is 2.19. The molecule has 1 aromatic heterocycles. The van der Waals surface area contributed by atoms with Gasteiger partial charge < -0.3 is 15.3 Å². The molecule has 0 unspecified atom stereocenters. The second kappa shape index (κ2) is 6.72. The Balaban J connectivity index is 2.59. The van der Waals surface area contributed by atoms with Gasteiger partial charge in [0, 0.05) is 11.7 Å². The largest absolute Gasteiger partial charge is 0.480 e. The fourth-order valence-corrected chi connectivity index (χ4v) is 1.60. The lowest BCUT2D eigenvalue weighted by Gasteiger charge is -2.25. The number of urea groups is 1. The first-order valence-corrected chi connectivity index (χ1v) is 6.09. The number of rotatable bonds is 5. The van der Waals surface area contributed by atoms with Crippen LogP contribution in [0.2, 0.25) is 0 Å². The predicted octanol–water partition coefficient (Wildman–Crippen LogP) is 1.39. The second-order valence-corrected chi connectivity index (χ2v) is 4.54. The Labute approximate surface area is 112 Å². The van der Waals surface area contributed by atoms with Crippen molar-refractivity contribution < 1.29 is 14.7 Å². The van der Waals surface area contributed by atoms with Crippen LogP contribution < -0.4 is 5.32 Å². The number of hydrogen-bond acceptors (Lipinski definition) is 3. The number of hydrogen-bond donors (Lipinski definition) is 2. The smallest absolute Gasteiger partial charge is 0.323 e. The fourth-order valence-electron chi connectivity index (χ4n) is 1.60. The normalized spacial score (nSPS) is 10.3. The van der Waals surface area contributed by atoms with Gasteiger partial charge in [0.1, 0.15) is 6.54 Å². The van der Waals surface area contributed by atoms with Gasteiger partial charge in [-0.1, -0.05) is 6.07 Å². The van der Waals surface area contributed by atoms with E-state index in [1.54, 1.807) is 13.8 Å². The van der Waals surface area contributed by atoms with E-state index in [1.165, 1.54) is 4.90 Å². The molecular formula is C13H19N3O3. The Bertz CT molecular complexity index is 460.